The SMILES string of the molecule is OC1(c2ccc(Cl)cc2)CCN(CCOC(c2ccc(F)cc2)c2ccc(F)cc2)CC1. The summed E-state index contributed by atoms with van der Waals surface area (Å²) in [5, 5.41) is 11.7. The van der Waals surface area contributed by atoms with Crippen LogP contribution >= 0.6 is 11.6 Å². The van der Waals surface area contributed by atoms with Crippen LogP contribution in [0.3, 0.4) is 0 Å². The van der Waals surface area contributed by atoms with E-state index in [-0.39, 0.29) is 11.6 Å². The Kier molecular flexibility index (Phi) is 7.21. The number of rotatable bonds is 7. The minimum Gasteiger partial charge on any atom is -0.385 e. The fourth-order valence-electron chi connectivity index (χ4n) is 4.16. The summed E-state index contributed by atoms with van der Waals surface area (Å²) in [6, 6.07) is 19.7. The van der Waals surface area contributed by atoms with Crippen LogP contribution in [-0.4, -0.2) is 36.2 Å². The van der Waals surface area contributed by atoms with Gasteiger partial charge in [0.05, 0.1) is 12.2 Å². The van der Waals surface area contributed by atoms with Gasteiger partial charge in [0, 0.05) is 24.7 Å². The molecule has 32 heavy (non-hydrogen) atoms. The van der Waals surface area contributed by atoms with Crippen LogP contribution in [0.25, 0.3) is 0 Å². The molecule has 0 unspecified atom stereocenters. The van der Waals surface area contributed by atoms with Gasteiger partial charge in [-0.1, -0.05) is 48.0 Å². The van der Waals surface area contributed by atoms with Crippen molar-refractivity contribution in [2.45, 2.75) is 24.5 Å². The van der Waals surface area contributed by atoms with Crippen LogP contribution in [0.1, 0.15) is 35.6 Å². The van der Waals surface area contributed by atoms with Crippen LogP contribution in [0.2, 0.25) is 5.02 Å². The molecule has 3 aromatic rings. The molecule has 3 nitrogen and oxygen atoms in total. The Balaban J connectivity index is 1.35. The van der Waals surface area contributed by atoms with Gasteiger partial charge >= 0.3 is 0 Å². The fourth-order valence-corrected chi connectivity index (χ4v) is 4.28. The Morgan fingerprint density at radius 3 is 1.84 bits per heavy atom. The molecule has 168 valence electrons. The van der Waals surface area contributed by atoms with E-state index in [9.17, 15) is 13.9 Å². The summed E-state index contributed by atoms with van der Waals surface area (Å²) in [7, 11) is 0. The lowest BCUT2D eigenvalue weighted by Crippen LogP contribution is -2.43. The summed E-state index contributed by atoms with van der Waals surface area (Å²) < 4.78 is 32.9. The molecule has 4 rings (SSSR count). The Morgan fingerprint density at radius 2 is 1.34 bits per heavy atom. The van der Waals surface area contributed by atoms with Crippen molar-refractivity contribution in [2.24, 2.45) is 0 Å². The lowest BCUT2D eigenvalue weighted by atomic mass is 9.84. The third-order valence-electron chi connectivity index (χ3n) is 6.10. The van der Waals surface area contributed by atoms with Gasteiger partial charge in [0.25, 0.3) is 0 Å². The first-order valence-corrected chi connectivity index (χ1v) is 11.1. The Bertz CT molecular complexity index is 956. The molecular formula is C26H26ClF2NO2. The zero-order valence-electron chi connectivity index (χ0n) is 17.7. The molecule has 0 amide bonds. The zero-order chi connectivity index (χ0) is 22.6. The highest BCUT2D eigenvalue weighted by Crippen LogP contribution is 2.33. The molecular weight excluding hydrogens is 432 g/mol. The molecule has 0 aromatic heterocycles. The second-order valence-electron chi connectivity index (χ2n) is 8.23. The average molecular weight is 458 g/mol. The molecule has 1 aliphatic heterocycles. The molecule has 0 aliphatic carbocycles. The number of hydrogen-bond donors (Lipinski definition) is 1. The predicted molar refractivity (Wildman–Crippen MR) is 122 cm³/mol. The highest BCUT2D eigenvalue weighted by Gasteiger charge is 2.33. The van der Waals surface area contributed by atoms with Gasteiger partial charge in [-0.05, 0) is 65.9 Å². The minimum atomic E-state index is -0.841. The summed E-state index contributed by atoms with van der Waals surface area (Å²) in [4.78, 5) is 2.26. The molecule has 0 radical (unpaired) electrons. The topological polar surface area (TPSA) is 32.7 Å². The number of aliphatic hydroxyl groups is 1. The largest absolute Gasteiger partial charge is 0.385 e. The number of likely N-dealkylation sites (tertiary alicyclic amines) is 1. The molecule has 0 atom stereocenters. The van der Waals surface area contributed by atoms with Crippen molar-refractivity contribution in [1.82, 2.24) is 4.90 Å². The normalized spacial score (nSPS) is 16.4. The van der Waals surface area contributed by atoms with Crippen LogP contribution in [0.4, 0.5) is 8.78 Å². The summed E-state index contributed by atoms with van der Waals surface area (Å²) in [6.07, 6.45) is 0.856. The summed E-state index contributed by atoms with van der Waals surface area (Å²) in [5.74, 6) is -0.624. The molecule has 0 bridgehead atoms. The van der Waals surface area contributed by atoms with Gasteiger partial charge in [-0.15, -0.1) is 0 Å². The zero-order valence-corrected chi connectivity index (χ0v) is 18.4. The van der Waals surface area contributed by atoms with Gasteiger partial charge in [0.2, 0.25) is 0 Å². The van der Waals surface area contributed by atoms with E-state index in [4.69, 9.17) is 16.3 Å². The van der Waals surface area contributed by atoms with Crippen LogP contribution in [0, 0.1) is 11.6 Å². The third-order valence-corrected chi connectivity index (χ3v) is 6.35. The first kappa shape index (κ1) is 22.9. The van der Waals surface area contributed by atoms with Gasteiger partial charge in [0.1, 0.15) is 17.7 Å². The monoisotopic (exact) mass is 457 g/mol. The van der Waals surface area contributed by atoms with E-state index >= 15 is 0 Å². The maximum atomic E-state index is 13.4. The van der Waals surface area contributed by atoms with Gasteiger partial charge in [-0.25, -0.2) is 8.78 Å². The van der Waals surface area contributed by atoms with Crippen LogP contribution in [0.5, 0.6) is 0 Å². The second-order valence-corrected chi connectivity index (χ2v) is 8.67. The molecule has 1 saturated heterocycles. The molecule has 6 heteroatoms. The lowest BCUT2D eigenvalue weighted by molar-refractivity contribution is -0.0339. The average Bonchev–Trinajstić information content (AvgIpc) is 2.80. The van der Waals surface area contributed by atoms with Gasteiger partial charge in [-0.2, -0.15) is 0 Å². The summed E-state index contributed by atoms with van der Waals surface area (Å²) >= 11 is 5.96. The highest BCUT2D eigenvalue weighted by atomic mass is 35.5. The molecule has 0 spiro atoms. The summed E-state index contributed by atoms with van der Waals surface area (Å²) in [6.45, 7) is 2.66. The van der Waals surface area contributed by atoms with E-state index in [1.807, 2.05) is 12.1 Å². The molecule has 1 N–H and O–H groups in total. The highest BCUT2D eigenvalue weighted by molar-refractivity contribution is 6.30. The number of ether oxygens (including phenoxy) is 1. The van der Waals surface area contributed by atoms with E-state index < -0.39 is 11.7 Å². The maximum Gasteiger partial charge on any atom is 0.123 e. The first-order chi connectivity index (χ1) is 15.4. The van der Waals surface area contributed by atoms with Gasteiger partial charge in [0.15, 0.2) is 0 Å². The fraction of sp³-hybridized carbons (Fsp3) is 0.308. The van der Waals surface area contributed by atoms with Crippen molar-refractivity contribution in [3.63, 3.8) is 0 Å². The van der Waals surface area contributed by atoms with E-state index in [1.165, 1.54) is 24.3 Å². The quantitative estimate of drug-likeness (QED) is 0.493. The third kappa shape index (κ3) is 5.54. The Morgan fingerprint density at radius 1 is 0.844 bits per heavy atom. The molecule has 1 aliphatic rings. The van der Waals surface area contributed by atoms with Crippen molar-refractivity contribution in [3.8, 4) is 0 Å². The van der Waals surface area contributed by atoms with Crippen LogP contribution in [0.15, 0.2) is 72.8 Å². The van der Waals surface area contributed by atoms with Crippen LogP contribution in [-0.2, 0) is 10.3 Å². The number of piperidine rings is 1. The second kappa shape index (κ2) is 10.1. The minimum absolute atomic E-state index is 0.312. The van der Waals surface area contributed by atoms with Crippen molar-refractivity contribution >= 4 is 11.6 Å². The van der Waals surface area contributed by atoms with Gasteiger partial charge in [-0.3, -0.25) is 0 Å². The molecule has 0 saturated carbocycles. The summed E-state index contributed by atoms with van der Waals surface area (Å²) in [5.41, 5.74) is 1.68. The van der Waals surface area contributed by atoms with Crippen molar-refractivity contribution in [2.75, 3.05) is 26.2 Å². The van der Waals surface area contributed by atoms with E-state index in [0.717, 1.165) is 29.8 Å². The van der Waals surface area contributed by atoms with Crippen LogP contribution < -0.4 is 0 Å². The first-order valence-electron chi connectivity index (χ1n) is 10.8. The lowest BCUT2D eigenvalue weighted by Gasteiger charge is -2.38. The maximum absolute atomic E-state index is 13.4. The Hall–Kier alpha value is -2.31. The Labute approximate surface area is 192 Å². The number of halogens is 3. The standard InChI is InChI=1S/C26H26ClF2NO2/c27-22-7-5-21(6-8-22)26(31)13-15-30(16-14-26)17-18-32-25(19-1-9-23(28)10-2-19)20-3-11-24(29)12-4-20/h1-12,25,31H,13-18H2. The number of nitrogens with zero attached hydrogens (tertiary/aromatic N) is 1. The van der Waals surface area contributed by atoms with Crippen molar-refractivity contribution < 1.29 is 18.6 Å². The van der Waals surface area contributed by atoms with Crippen molar-refractivity contribution in [3.05, 3.63) is 106 Å². The molecule has 1 heterocycles. The van der Waals surface area contributed by atoms with E-state index in [0.29, 0.717) is 31.0 Å². The number of benzene rings is 3. The van der Waals surface area contributed by atoms with E-state index in [2.05, 4.69) is 4.90 Å². The molecule has 1 fully saturated rings. The van der Waals surface area contributed by atoms with Gasteiger partial charge < -0.3 is 14.7 Å². The van der Waals surface area contributed by atoms with Crippen molar-refractivity contribution in [1.29, 1.82) is 0 Å². The van der Waals surface area contributed by atoms with E-state index in [1.54, 1.807) is 36.4 Å². The molecule has 3 aromatic carbocycles. The number of hydrogen-bond acceptors (Lipinski definition) is 3. The smallest absolute Gasteiger partial charge is 0.123 e. The predicted octanol–water partition coefficient (Wildman–Crippen LogP) is 5.71.